The number of rotatable bonds is 3. The summed E-state index contributed by atoms with van der Waals surface area (Å²) in [6.07, 6.45) is 7.21. The van der Waals surface area contributed by atoms with Gasteiger partial charge < -0.3 is 5.32 Å². The van der Waals surface area contributed by atoms with Gasteiger partial charge in [-0.3, -0.25) is 4.90 Å². The SMILES string of the molecule is CCC1CNC(C2CC2)CN1C1CC1. The van der Waals surface area contributed by atoms with Crippen LogP contribution in [0.25, 0.3) is 0 Å². The first-order valence-electron chi connectivity index (χ1n) is 6.37. The van der Waals surface area contributed by atoms with Gasteiger partial charge in [-0.25, -0.2) is 0 Å². The van der Waals surface area contributed by atoms with Crippen molar-refractivity contribution in [2.24, 2.45) is 5.92 Å². The first-order chi connectivity index (χ1) is 6.88. The highest BCUT2D eigenvalue weighted by Gasteiger charge is 2.41. The maximum Gasteiger partial charge on any atom is 0.0224 e. The summed E-state index contributed by atoms with van der Waals surface area (Å²) < 4.78 is 0. The highest BCUT2D eigenvalue weighted by Crippen LogP contribution is 2.37. The Hall–Kier alpha value is -0.0800. The van der Waals surface area contributed by atoms with Crippen LogP contribution in [-0.2, 0) is 0 Å². The Morgan fingerprint density at radius 3 is 2.57 bits per heavy atom. The second-order valence-corrected chi connectivity index (χ2v) is 5.34. The molecule has 2 atom stereocenters. The van der Waals surface area contributed by atoms with Crippen molar-refractivity contribution in [3.63, 3.8) is 0 Å². The molecule has 3 aliphatic rings. The zero-order chi connectivity index (χ0) is 9.54. The number of hydrogen-bond acceptors (Lipinski definition) is 2. The predicted molar refractivity (Wildman–Crippen MR) is 58.3 cm³/mol. The van der Waals surface area contributed by atoms with Crippen LogP contribution in [0.1, 0.15) is 39.0 Å². The highest BCUT2D eigenvalue weighted by molar-refractivity contribution is 4.98. The van der Waals surface area contributed by atoms with Crippen LogP contribution < -0.4 is 5.32 Å². The lowest BCUT2D eigenvalue weighted by Crippen LogP contribution is -2.57. The van der Waals surface area contributed by atoms with Crippen molar-refractivity contribution in [2.75, 3.05) is 13.1 Å². The van der Waals surface area contributed by atoms with E-state index in [0.717, 1.165) is 24.0 Å². The molecule has 1 N–H and O–H groups in total. The van der Waals surface area contributed by atoms with Crippen LogP contribution in [0.5, 0.6) is 0 Å². The molecule has 0 amide bonds. The molecule has 3 rings (SSSR count). The first-order valence-corrected chi connectivity index (χ1v) is 6.37. The molecule has 0 bridgehead atoms. The van der Waals surface area contributed by atoms with Gasteiger partial charge in [0.2, 0.25) is 0 Å². The quantitative estimate of drug-likeness (QED) is 0.734. The third-order valence-corrected chi connectivity index (χ3v) is 4.17. The number of nitrogens with zero attached hydrogens (tertiary/aromatic N) is 1. The molecular formula is C12H22N2. The fourth-order valence-corrected chi connectivity index (χ4v) is 2.89. The molecule has 1 aliphatic heterocycles. The molecule has 0 aromatic carbocycles. The van der Waals surface area contributed by atoms with Gasteiger partial charge >= 0.3 is 0 Å². The minimum atomic E-state index is 0.831. The molecule has 2 nitrogen and oxygen atoms in total. The number of nitrogens with one attached hydrogen (secondary N) is 1. The molecule has 1 heterocycles. The van der Waals surface area contributed by atoms with Gasteiger partial charge in [0.15, 0.2) is 0 Å². The van der Waals surface area contributed by atoms with Gasteiger partial charge in [-0.1, -0.05) is 6.92 Å². The minimum Gasteiger partial charge on any atom is -0.311 e. The summed E-state index contributed by atoms with van der Waals surface area (Å²) in [6, 6.07) is 2.62. The Kier molecular flexibility index (Phi) is 2.29. The second kappa shape index (κ2) is 3.49. The molecule has 80 valence electrons. The summed E-state index contributed by atoms with van der Waals surface area (Å²) in [5, 5.41) is 3.75. The predicted octanol–water partition coefficient (Wildman–Crippen LogP) is 1.61. The van der Waals surface area contributed by atoms with E-state index < -0.39 is 0 Å². The lowest BCUT2D eigenvalue weighted by Gasteiger charge is -2.40. The molecule has 2 heteroatoms. The van der Waals surface area contributed by atoms with Crippen molar-refractivity contribution >= 4 is 0 Å². The summed E-state index contributed by atoms with van der Waals surface area (Å²) in [5.74, 6) is 1.02. The second-order valence-electron chi connectivity index (χ2n) is 5.34. The van der Waals surface area contributed by atoms with Crippen molar-refractivity contribution in [1.82, 2.24) is 10.2 Å². The fourth-order valence-electron chi connectivity index (χ4n) is 2.89. The Labute approximate surface area is 87.0 Å². The van der Waals surface area contributed by atoms with Gasteiger partial charge in [0.1, 0.15) is 0 Å². The van der Waals surface area contributed by atoms with E-state index in [-0.39, 0.29) is 0 Å². The fraction of sp³-hybridized carbons (Fsp3) is 1.00. The van der Waals surface area contributed by atoms with Gasteiger partial charge in [0.25, 0.3) is 0 Å². The average molecular weight is 194 g/mol. The molecule has 1 saturated heterocycles. The lowest BCUT2D eigenvalue weighted by molar-refractivity contribution is 0.111. The van der Waals surface area contributed by atoms with Crippen molar-refractivity contribution in [1.29, 1.82) is 0 Å². The lowest BCUT2D eigenvalue weighted by atomic mass is 10.0. The summed E-state index contributed by atoms with van der Waals surface area (Å²) in [7, 11) is 0. The van der Waals surface area contributed by atoms with Crippen molar-refractivity contribution in [3.8, 4) is 0 Å². The van der Waals surface area contributed by atoms with Crippen LogP contribution in [0, 0.1) is 5.92 Å². The summed E-state index contributed by atoms with van der Waals surface area (Å²) in [6.45, 7) is 4.92. The van der Waals surface area contributed by atoms with Crippen molar-refractivity contribution < 1.29 is 0 Å². The first kappa shape index (κ1) is 9.17. The van der Waals surface area contributed by atoms with E-state index >= 15 is 0 Å². The van der Waals surface area contributed by atoms with E-state index in [4.69, 9.17) is 0 Å². The molecule has 3 fully saturated rings. The topological polar surface area (TPSA) is 15.3 Å². The summed E-state index contributed by atoms with van der Waals surface area (Å²) >= 11 is 0. The standard InChI is InChI=1S/C12H22N2/c1-2-10-7-13-12(9-3-4-9)8-14(10)11-5-6-11/h9-13H,2-8H2,1H3. The van der Waals surface area contributed by atoms with Crippen LogP contribution >= 0.6 is 0 Å². The monoisotopic (exact) mass is 194 g/mol. The molecule has 0 spiro atoms. The van der Waals surface area contributed by atoms with Crippen LogP contribution in [0.4, 0.5) is 0 Å². The molecule has 14 heavy (non-hydrogen) atoms. The highest BCUT2D eigenvalue weighted by atomic mass is 15.3. The normalized spacial score (nSPS) is 40.1. The molecule has 2 aliphatic carbocycles. The third-order valence-electron chi connectivity index (χ3n) is 4.17. The molecular weight excluding hydrogens is 172 g/mol. The van der Waals surface area contributed by atoms with Crippen LogP contribution in [0.15, 0.2) is 0 Å². The summed E-state index contributed by atoms with van der Waals surface area (Å²) in [4.78, 5) is 2.81. The van der Waals surface area contributed by atoms with Gasteiger partial charge in [-0.2, -0.15) is 0 Å². The van der Waals surface area contributed by atoms with E-state index in [9.17, 15) is 0 Å². The van der Waals surface area contributed by atoms with Gasteiger partial charge in [-0.15, -0.1) is 0 Å². The molecule has 0 aromatic heterocycles. The third kappa shape index (κ3) is 1.70. The maximum absolute atomic E-state index is 3.75. The van der Waals surface area contributed by atoms with E-state index in [1.54, 1.807) is 0 Å². The summed E-state index contributed by atoms with van der Waals surface area (Å²) in [5.41, 5.74) is 0. The van der Waals surface area contributed by atoms with Crippen molar-refractivity contribution in [3.05, 3.63) is 0 Å². The Balaban J connectivity index is 1.63. The Morgan fingerprint density at radius 1 is 1.21 bits per heavy atom. The zero-order valence-electron chi connectivity index (χ0n) is 9.21. The Morgan fingerprint density at radius 2 is 2.00 bits per heavy atom. The number of hydrogen-bond donors (Lipinski definition) is 1. The van der Waals surface area contributed by atoms with E-state index in [0.29, 0.717) is 0 Å². The maximum atomic E-state index is 3.75. The van der Waals surface area contributed by atoms with E-state index in [1.807, 2.05) is 0 Å². The van der Waals surface area contributed by atoms with Crippen molar-refractivity contribution in [2.45, 2.75) is 57.2 Å². The van der Waals surface area contributed by atoms with Crippen LogP contribution in [0.2, 0.25) is 0 Å². The van der Waals surface area contributed by atoms with Crippen LogP contribution in [-0.4, -0.2) is 36.1 Å². The molecule has 0 aromatic rings. The van der Waals surface area contributed by atoms with E-state index in [2.05, 4.69) is 17.1 Å². The molecule has 2 saturated carbocycles. The Bertz CT molecular complexity index is 208. The van der Waals surface area contributed by atoms with Gasteiger partial charge in [-0.05, 0) is 38.0 Å². The molecule has 0 radical (unpaired) electrons. The van der Waals surface area contributed by atoms with Gasteiger partial charge in [0, 0.05) is 31.2 Å². The zero-order valence-corrected chi connectivity index (χ0v) is 9.21. The minimum absolute atomic E-state index is 0.831. The molecule has 2 unspecified atom stereocenters. The van der Waals surface area contributed by atoms with Gasteiger partial charge in [0.05, 0.1) is 0 Å². The number of piperazine rings is 1. The van der Waals surface area contributed by atoms with Crippen LogP contribution in [0.3, 0.4) is 0 Å². The largest absolute Gasteiger partial charge is 0.311 e. The smallest absolute Gasteiger partial charge is 0.0224 e. The average Bonchev–Trinajstić information content (AvgIpc) is 3.05. The van der Waals surface area contributed by atoms with E-state index in [1.165, 1.54) is 45.2 Å².